The van der Waals surface area contributed by atoms with Crippen molar-refractivity contribution in [1.29, 1.82) is 0 Å². The molecular weight excluding hydrogens is 398 g/mol. The lowest BCUT2D eigenvalue weighted by atomic mass is 9.92. The summed E-state index contributed by atoms with van der Waals surface area (Å²) in [5.41, 5.74) is 1.42. The third-order valence-electron chi connectivity index (χ3n) is 5.24. The SMILES string of the molecule is Cc1ccc(CN(C)C(=O)COC(=O)CN2C(=O)N[C@@](C)(c3ccccc3)C2=O)cc1. The Morgan fingerprint density at radius 3 is 2.35 bits per heavy atom. The molecular formula is C23H25N3O5. The third-order valence-corrected chi connectivity index (χ3v) is 5.24. The molecule has 1 saturated heterocycles. The van der Waals surface area contributed by atoms with Crippen molar-refractivity contribution in [3.8, 4) is 0 Å². The molecule has 0 radical (unpaired) electrons. The third kappa shape index (κ3) is 4.91. The summed E-state index contributed by atoms with van der Waals surface area (Å²) in [6.45, 7) is 2.89. The van der Waals surface area contributed by atoms with E-state index in [0.29, 0.717) is 12.1 Å². The number of carbonyl (C=O) groups is 4. The first-order chi connectivity index (χ1) is 14.7. The summed E-state index contributed by atoms with van der Waals surface area (Å²) in [5, 5.41) is 2.62. The van der Waals surface area contributed by atoms with Crippen LogP contribution in [0.5, 0.6) is 0 Å². The van der Waals surface area contributed by atoms with E-state index in [0.717, 1.165) is 16.0 Å². The second-order valence-electron chi connectivity index (χ2n) is 7.71. The maximum absolute atomic E-state index is 12.8. The highest BCUT2D eigenvalue weighted by Crippen LogP contribution is 2.28. The van der Waals surface area contributed by atoms with Crippen molar-refractivity contribution in [1.82, 2.24) is 15.1 Å². The molecule has 2 aromatic rings. The fraction of sp³-hybridized carbons (Fsp3) is 0.304. The number of benzene rings is 2. The highest BCUT2D eigenvalue weighted by atomic mass is 16.5. The van der Waals surface area contributed by atoms with Gasteiger partial charge in [-0.1, -0.05) is 60.2 Å². The number of ether oxygens (including phenoxy) is 1. The number of imide groups is 1. The van der Waals surface area contributed by atoms with Crippen LogP contribution in [0.4, 0.5) is 4.79 Å². The molecule has 0 spiro atoms. The number of hydrogen-bond donors (Lipinski definition) is 1. The molecule has 2 aromatic carbocycles. The lowest BCUT2D eigenvalue weighted by molar-refractivity contribution is -0.153. The molecule has 4 amide bonds. The summed E-state index contributed by atoms with van der Waals surface area (Å²) in [4.78, 5) is 51.8. The van der Waals surface area contributed by atoms with Gasteiger partial charge in [-0.25, -0.2) is 4.79 Å². The van der Waals surface area contributed by atoms with Crippen molar-refractivity contribution >= 4 is 23.8 Å². The molecule has 0 saturated carbocycles. The highest BCUT2D eigenvalue weighted by Gasteiger charge is 2.49. The molecule has 162 valence electrons. The van der Waals surface area contributed by atoms with E-state index >= 15 is 0 Å². The zero-order valence-corrected chi connectivity index (χ0v) is 17.8. The van der Waals surface area contributed by atoms with Gasteiger partial charge in [0.25, 0.3) is 11.8 Å². The maximum Gasteiger partial charge on any atom is 0.326 e. The monoisotopic (exact) mass is 423 g/mol. The normalized spacial score (nSPS) is 18.0. The molecule has 1 fully saturated rings. The van der Waals surface area contributed by atoms with Crippen LogP contribution in [0.3, 0.4) is 0 Å². The fourth-order valence-electron chi connectivity index (χ4n) is 3.29. The quantitative estimate of drug-likeness (QED) is 0.543. The van der Waals surface area contributed by atoms with Crippen molar-refractivity contribution in [2.45, 2.75) is 25.9 Å². The molecule has 1 heterocycles. The van der Waals surface area contributed by atoms with Gasteiger partial charge < -0.3 is 15.0 Å². The van der Waals surface area contributed by atoms with Crippen LogP contribution in [-0.4, -0.2) is 53.8 Å². The zero-order chi connectivity index (χ0) is 22.6. The molecule has 0 bridgehead atoms. The van der Waals surface area contributed by atoms with Gasteiger partial charge in [0.15, 0.2) is 6.61 Å². The molecule has 0 aromatic heterocycles. The van der Waals surface area contributed by atoms with Crippen LogP contribution in [0.2, 0.25) is 0 Å². The Labute approximate surface area is 180 Å². The molecule has 31 heavy (non-hydrogen) atoms. The van der Waals surface area contributed by atoms with Crippen LogP contribution in [0.1, 0.15) is 23.6 Å². The molecule has 1 atom stereocenters. The van der Waals surface area contributed by atoms with Crippen LogP contribution in [0.15, 0.2) is 54.6 Å². The van der Waals surface area contributed by atoms with E-state index in [4.69, 9.17) is 4.74 Å². The van der Waals surface area contributed by atoms with Crippen LogP contribution in [-0.2, 0) is 31.2 Å². The molecule has 8 heteroatoms. The van der Waals surface area contributed by atoms with Gasteiger partial charge in [-0.05, 0) is 25.0 Å². The molecule has 1 N–H and O–H groups in total. The predicted octanol–water partition coefficient (Wildman–Crippen LogP) is 1.96. The Morgan fingerprint density at radius 2 is 1.71 bits per heavy atom. The van der Waals surface area contributed by atoms with E-state index < -0.39 is 36.6 Å². The van der Waals surface area contributed by atoms with E-state index in [1.807, 2.05) is 31.2 Å². The van der Waals surface area contributed by atoms with E-state index in [1.54, 1.807) is 44.3 Å². The standard InChI is InChI=1S/C23H25N3O5/c1-16-9-11-17(12-10-16)13-25(3)19(27)15-31-20(28)14-26-21(29)23(2,24-22(26)30)18-7-5-4-6-8-18/h4-12H,13-15H2,1-3H3,(H,24,30)/t23-/m0/s1. The second kappa shape index (κ2) is 8.99. The molecule has 0 aliphatic carbocycles. The number of esters is 1. The number of amides is 4. The van der Waals surface area contributed by atoms with Crippen LogP contribution in [0, 0.1) is 6.92 Å². The van der Waals surface area contributed by atoms with E-state index in [9.17, 15) is 19.2 Å². The number of carbonyl (C=O) groups excluding carboxylic acids is 4. The molecule has 1 aliphatic heterocycles. The average Bonchev–Trinajstić information content (AvgIpc) is 2.98. The Balaban J connectivity index is 1.53. The Bertz CT molecular complexity index is 990. The van der Waals surface area contributed by atoms with Crippen LogP contribution < -0.4 is 5.32 Å². The number of hydrogen-bond acceptors (Lipinski definition) is 5. The molecule has 8 nitrogen and oxygen atoms in total. The van der Waals surface area contributed by atoms with Gasteiger partial charge in [-0.2, -0.15) is 0 Å². The summed E-state index contributed by atoms with van der Waals surface area (Å²) in [7, 11) is 1.61. The van der Waals surface area contributed by atoms with Gasteiger partial charge in [0.1, 0.15) is 12.1 Å². The largest absolute Gasteiger partial charge is 0.454 e. The summed E-state index contributed by atoms with van der Waals surface area (Å²) >= 11 is 0. The highest BCUT2D eigenvalue weighted by molar-refractivity contribution is 6.08. The predicted molar refractivity (Wildman–Crippen MR) is 113 cm³/mol. The van der Waals surface area contributed by atoms with Gasteiger partial charge in [0.05, 0.1) is 0 Å². The summed E-state index contributed by atoms with van der Waals surface area (Å²) in [5.74, 6) is -1.78. The molecule has 0 unspecified atom stereocenters. The average molecular weight is 423 g/mol. The van der Waals surface area contributed by atoms with E-state index in [-0.39, 0.29) is 5.91 Å². The van der Waals surface area contributed by atoms with Gasteiger partial charge in [0, 0.05) is 13.6 Å². The number of nitrogens with one attached hydrogen (secondary N) is 1. The second-order valence-corrected chi connectivity index (χ2v) is 7.71. The minimum Gasteiger partial charge on any atom is -0.454 e. The summed E-state index contributed by atoms with van der Waals surface area (Å²) in [6.07, 6.45) is 0. The lowest BCUT2D eigenvalue weighted by Crippen LogP contribution is -2.42. The van der Waals surface area contributed by atoms with Crippen molar-refractivity contribution < 1.29 is 23.9 Å². The number of nitrogens with zero attached hydrogens (tertiary/aromatic N) is 2. The van der Waals surface area contributed by atoms with Crippen molar-refractivity contribution in [3.63, 3.8) is 0 Å². The van der Waals surface area contributed by atoms with Crippen LogP contribution in [0.25, 0.3) is 0 Å². The first kappa shape index (κ1) is 22.0. The Hall–Kier alpha value is -3.68. The van der Waals surface area contributed by atoms with Gasteiger partial charge in [0.2, 0.25) is 0 Å². The van der Waals surface area contributed by atoms with Gasteiger partial charge >= 0.3 is 12.0 Å². The maximum atomic E-state index is 12.8. The van der Waals surface area contributed by atoms with Gasteiger partial charge in [-0.3, -0.25) is 19.3 Å². The zero-order valence-electron chi connectivity index (χ0n) is 17.8. The summed E-state index contributed by atoms with van der Waals surface area (Å²) in [6, 6.07) is 15.8. The van der Waals surface area contributed by atoms with E-state index in [1.165, 1.54) is 4.90 Å². The Kier molecular flexibility index (Phi) is 6.39. The van der Waals surface area contributed by atoms with Crippen molar-refractivity contribution in [2.24, 2.45) is 0 Å². The minimum absolute atomic E-state index is 0.374. The van der Waals surface area contributed by atoms with E-state index in [2.05, 4.69) is 5.32 Å². The minimum atomic E-state index is -1.26. The molecule has 1 aliphatic rings. The summed E-state index contributed by atoms with van der Waals surface area (Å²) < 4.78 is 5.01. The number of urea groups is 1. The number of likely N-dealkylation sites (N-methyl/N-ethyl adjacent to an activating group) is 1. The van der Waals surface area contributed by atoms with Crippen LogP contribution >= 0.6 is 0 Å². The first-order valence-corrected chi connectivity index (χ1v) is 9.85. The van der Waals surface area contributed by atoms with Crippen molar-refractivity contribution in [2.75, 3.05) is 20.2 Å². The number of aryl methyl sites for hydroxylation is 1. The number of rotatable bonds is 7. The first-order valence-electron chi connectivity index (χ1n) is 9.85. The van der Waals surface area contributed by atoms with Crippen molar-refractivity contribution in [3.05, 3.63) is 71.3 Å². The molecule has 3 rings (SSSR count). The topological polar surface area (TPSA) is 96.0 Å². The van der Waals surface area contributed by atoms with Gasteiger partial charge in [-0.15, -0.1) is 0 Å². The smallest absolute Gasteiger partial charge is 0.326 e. The fourth-order valence-corrected chi connectivity index (χ4v) is 3.29. The lowest BCUT2D eigenvalue weighted by Gasteiger charge is -2.22. The Morgan fingerprint density at radius 1 is 1.06 bits per heavy atom.